The molecule has 1 fully saturated rings. The van der Waals surface area contributed by atoms with Crippen molar-refractivity contribution in [1.29, 1.82) is 0 Å². The van der Waals surface area contributed by atoms with E-state index in [4.69, 9.17) is 11.6 Å². The lowest BCUT2D eigenvalue weighted by Crippen LogP contribution is -2.28. The Kier molecular flexibility index (Phi) is 4.85. The van der Waals surface area contributed by atoms with Crippen LogP contribution in [0.25, 0.3) is 0 Å². The minimum atomic E-state index is -0.697. The molecular formula is C17H13ClFN3O4. The number of carbonyl (C=O) groups is 2. The first-order chi connectivity index (χ1) is 12.4. The van der Waals surface area contributed by atoms with Gasteiger partial charge in [-0.25, -0.2) is 4.39 Å². The van der Waals surface area contributed by atoms with Gasteiger partial charge in [0.05, 0.1) is 16.5 Å². The molecule has 134 valence electrons. The predicted octanol–water partition coefficient (Wildman–Crippen LogP) is 3.38. The number of hydrogen-bond acceptors (Lipinski definition) is 4. The van der Waals surface area contributed by atoms with Crippen LogP contribution < -0.4 is 10.2 Å². The monoisotopic (exact) mass is 377 g/mol. The minimum Gasteiger partial charge on any atom is -0.326 e. The number of benzene rings is 2. The highest BCUT2D eigenvalue weighted by molar-refractivity contribution is 6.32. The maximum Gasteiger partial charge on any atom is 0.289 e. The average Bonchev–Trinajstić information content (AvgIpc) is 2.98. The second-order valence-corrected chi connectivity index (χ2v) is 6.18. The van der Waals surface area contributed by atoms with Crippen molar-refractivity contribution in [3.8, 4) is 0 Å². The molecule has 1 unspecified atom stereocenters. The topological polar surface area (TPSA) is 92.5 Å². The molecule has 0 spiro atoms. The predicted molar refractivity (Wildman–Crippen MR) is 93.6 cm³/mol. The van der Waals surface area contributed by atoms with Gasteiger partial charge in [-0.2, -0.15) is 0 Å². The molecule has 1 aliphatic heterocycles. The third kappa shape index (κ3) is 3.50. The number of rotatable bonds is 4. The van der Waals surface area contributed by atoms with E-state index < -0.39 is 22.6 Å². The quantitative estimate of drug-likeness (QED) is 0.653. The molecule has 0 bridgehead atoms. The summed E-state index contributed by atoms with van der Waals surface area (Å²) in [5.74, 6) is -2.08. The van der Waals surface area contributed by atoms with Gasteiger partial charge in [0.25, 0.3) is 5.69 Å². The summed E-state index contributed by atoms with van der Waals surface area (Å²) in [6, 6.07) is 9.70. The molecule has 0 aliphatic carbocycles. The van der Waals surface area contributed by atoms with Crippen LogP contribution in [-0.4, -0.2) is 23.3 Å². The highest BCUT2D eigenvalue weighted by Gasteiger charge is 2.36. The number of hydrogen-bond donors (Lipinski definition) is 1. The van der Waals surface area contributed by atoms with Gasteiger partial charge in [-0.1, -0.05) is 23.7 Å². The third-order valence-electron chi connectivity index (χ3n) is 4.05. The van der Waals surface area contributed by atoms with Crippen molar-refractivity contribution in [2.24, 2.45) is 5.92 Å². The van der Waals surface area contributed by atoms with Crippen molar-refractivity contribution < 1.29 is 18.9 Å². The van der Waals surface area contributed by atoms with Crippen LogP contribution >= 0.6 is 11.6 Å². The molecule has 7 nitrogen and oxygen atoms in total. The number of nitrogens with one attached hydrogen (secondary N) is 1. The van der Waals surface area contributed by atoms with E-state index in [0.29, 0.717) is 0 Å². The zero-order valence-electron chi connectivity index (χ0n) is 13.3. The fraction of sp³-hybridized carbons (Fsp3) is 0.176. The lowest BCUT2D eigenvalue weighted by Gasteiger charge is -2.17. The number of para-hydroxylation sites is 1. The smallest absolute Gasteiger partial charge is 0.289 e. The number of anilines is 2. The van der Waals surface area contributed by atoms with Crippen molar-refractivity contribution in [1.82, 2.24) is 0 Å². The highest BCUT2D eigenvalue weighted by Crippen LogP contribution is 2.30. The first kappa shape index (κ1) is 17.8. The van der Waals surface area contributed by atoms with E-state index in [1.807, 2.05) is 0 Å². The van der Waals surface area contributed by atoms with Crippen LogP contribution in [0.15, 0.2) is 42.5 Å². The van der Waals surface area contributed by atoms with Gasteiger partial charge >= 0.3 is 0 Å². The number of nitro groups is 1. The molecule has 2 amide bonds. The number of nitrogens with zero attached hydrogens (tertiary/aromatic N) is 2. The Morgan fingerprint density at radius 2 is 2.04 bits per heavy atom. The van der Waals surface area contributed by atoms with Crippen LogP contribution in [0, 0.1) is 21.8 Å². The fourth-order valence-corrected chi connectivity index (χ4v) is 2.95. The maximum absolute atomic E-state index is 13.9. The summed E-state index contributed by atoms with van der Waals surface area (Å²) in [7, 11) is 0. The fourth-order valence-electron chi connectivity index (χ4n) is 2.76. The standard InChI is InChI=1S/C17H13ClFN3O4/c18-12-6-5-11(8-15(12)22(25)26)20-17(24)10-7-16(23)21(9-10)14-4-2-1-3-13(14)19/h1-6,8,10H,7,9H2,(H,20,24). The summed E-state index contributed by atoms with van der Waals surface area (Å²) >= 11 is 5.73. The van der Waals surface area contributed by atoms with E-state index in [1.165, 1.54) is 35.2 Å². The zero-order chi connectivity index (χ0) is 18.8. The Morgan fingerprint density at radius 1 is 1.31 bits per heavy atom. The van der Waals surface area contributed by atoms with Crippen LogP contribution in [0.4, 0.5) is 21.5 Å². The van der Waals surface area contributed by atoms with Gasteiger partial charge in [-0.05, 0) is 24.3 Å². The Morgan fingerprint density at radius 3 is 2.73 bits per heavy atom. The summed E-state index contributed by atoms with van der Waals surface area (Å²) in [6.07, 6.45) is -0.0736. The van der Waals surface area contributed by atoms with Gasteiger partial charge in [-0.3, -0.25) is 19.7 Å². The summed E-state index contributed by atoms with van der Waals surface area (Å²) in [4.78, 5) is 36.0. The van der Waals surface area contributed by atoms with Gasteiger partial charge in [0.15, 0.2) is 0 Å². The molecule has 1 atom stereocenters. The average molecular weight is 378 g/mol. The van der Waals surface area contributed by atoms with Crippen molar-refractivity contribution >= 4 is 40.5 Å². The summed E-state index contributed by atoms with van der Waals surface area (Å²) in [6.45, 7) is 0.0291. The second kappa shape index (κ2) is 7.09. The zero-order valence-corrected chi connectivity index (χ0v) is 14.1. The molecule has 0 aromatic heterocycles. The van der Waals surface area contributed by atoms with Crippen LogP contribution in [-0.2, 0) is 9.59 Å². The number of nitro benzene ring substituents is 1. The summed E-state index contributed by atoms with van der Waals surface area (Å²) in [5.41, 5.74) is -0.0160. The highest BCUT2D eigenvalue weighted by atomic mass is 35.5. The number of carbonyl (C=O) groups excluding carboxylic acids is 2. The molecule has 0 saturated carbocycles. The third-order valence-corrected chi connectivity index (χ3v) is 4.37. The Bertz CT molecular complexity index is 905. The van der Waals surface area contributed by atoms with Gasteiger partial charge in [-0.15, -0.1) is 0 Å². The van der Waals surface area contributed by atoms with Gasteiger partial charge < -0.3 is 10.2 Å². The van der Waals surface area contributed by atoms with Crippen LogP contribution in [0.3, 0.4) is 0 Å². The SMILES string of the molecule is O=C(Nc1ccc(Cl)c([N+](=O)[O-])c1)C1CC(=O)N(c2ccccc2F)C1. The van der Waals surface area contributed by atoms with Crippen molar-refractivity contribution in [3.05, 3.63) is 63.4 Å². The van der Waals surface area contributed by atoms with Crippen molar-refractivity contribution in [3.63, 3.8) is 0 Å². The van der Waals surface area contributed by atoms with Gasteiger partial charge in [0.2, 0.25) is 11.8 Å². The molecule has 0 radical (unpaired) electrons. The van der Waals surface area contributed by atoms with E-state index in [0.717, 1.165) is 6.07 Å². The molecule has 9 heteroatoms. The van der Waals surface area contributed by atoms with E-state index in [-0.39, 0.29) is 41.0 Å². The summed E-state index contributed by atoms with van der Waals surface area (Å²) in [5, 5.41) is 13.4. The molecule has 26 heavy (non-hydrogen) atoms. The van der Waals surface area contributed by atoms with Gasteiger partial charge in [0.1, 0.15) is 10.8 Å². The Balaban J connectivity index is 1.74. The minimum absolute atomic E-state index is 0.0291. The molecule has 1 N–H and O–H groups in total. The Hall–Kier alpha value is -3.00. The normalized spacial score (nSPS) is 16.6. The molecule has 1 heterocycles. The van der Waals surface area contributed by atoms with Crippen molar-refractivity contribution in [2.45, 2.75) is 6.42 Å². The van der Waals surface area contributed by atoms with E-state index >= 15 is 0 Å². The summed E-state index contributed by atoms with van der Waals surface area (Å²) < 4.78 is 13.9. The Labute approximate surface area is 152 Å². The first-order valence-electron chi connectivity index (χ1n) is 7.66. The first-order valence-corrected chi connectivity index (χ1v) is 8.04. The van der Waals surface area contributed by atoms with Crippen LogP contribution in [0.2, 0.25) is 5.02 Å². The molecule has 1 saturated heterocycles. The number of amides is 2. The van der Waals surface area contributed by atoms with E-state index in [1.54, 1.807) is 6.07 Å². The molecule has 1 aliphatic rings. The van der Waals surface area contributed by atoms with E-state index in [2.05, 4.69) is 5.32 Å². The van der Waals surface area contributed by atoms with Gasteiger partial charge in [0, 0.05) is 24.7 Å². The van der Waals surface area contributed by atoms with Crippen LogP contribution in [0.1, 0.15) is 6.42 Å². The largest absolute Gasteiger partial charge is 0.326 e. The lowest BCUT2D eigenvalue weighted by atomic mass is 10.1. The lowest BCUT2D eigenvalue weighted by molar-refractivity contribution is -0.384. The molecule has 3 rings (SSSR count). The molecule has 2 aromatic rings. The van der Waals surface area contributed by atoms with Crippen molar-refractivity contribution in [2.75, 3.05) is 16.8 Å². The molecular weight excluding hydrogens is 365 g/mol. The second-order valence-electron chi connectivity index (χ2n) is 5.77. The molecule has 2 aromatic carbocycles. The maximum atomic E-state index is 13.9. The van der Waals surface area contributed by atoms with E-state index in [9.17, 15) is 24.1 Å². The van der Waals surface area contributed by atoms with Crippen LogP contribution in [0.5, 0.6) is 0 Å². The number of halogens is 2.